The van der Waals surface area contributed by atoms with Crippen LogP contribution in [-0.4, -0.2) is 14.9 Å². The quantitative estimate of drug-likeness (QED) is 0.931. The van der Waals surface area contributed by atoms with Crippen LogP contribution in [0.25, 0.3) is 0 Å². The van der Waals surface area contributed by atoms with Crippen LogP contribution < -0.4 is 0 Å². The fourth-order valence-electron chi connectivity index (χ4n) is 1.97. The van der Waals surface area contributed by atoms with Crippen molar-refractivity contribution in [3.05, 3.63) is 51.3 Å². The first kappa shape index (κ1) is 14.4. The number of benzene rings is 1. The zero-order valence-electron chi connectivity index (χ0n) is 10.9. The molecule has 0 radical (unpaired) electrons. The van der Waals surface area contributed by atoms with Crippen molar-refractivity contribution in [1.29, 1.82) is 0 Å². The molecule has 102 valence electrons. The van der Waals surface area contributed by atoms with Gasteiger partial charge >= 0.3 is 0 Å². The van der Waals surface area contributed by atoms with Crippen molar-refractivity contribution in [2.24, 2.45) is 0 Å². The highest BCUT2D eigenvalue weighted by atomic mass is 35.5. The first-order valence-electron chi connectivity index (χ1n) is 6.13. The van der Waals surface area contributed by atoms with Crippen LogP contribution in [-0.2, 0) is 13.2 Å². The molecule has 1 aromatic heterocycles. The van der Waals surface area contributed by atoms with Gasteiger partial charge in [0, 0.05) is 10.6 Å². The van der Waals surface area contributed by atoms with Crippen molar-refractivity contribution in [2.75, 3.05) is 0 Å². The molecule has 1 aromatic carbocycles. The van der Waals surface area contributed by atoms with Crippen molar-refractivity contribution in [1.82, 2.24) is 9.78 Å². The largest absolute Gasteiger partial charge is 0.391 e. The molecule has 0 amide bonds. The Balaban J connectivity index is 2.32. The van der Waals surface area contributed by atoms with E-state index in [2.05, 4.69) is 5.10 Å². The van der Waals surface area contributed by atoms with E-state index >= 15 is 0 Å². The number of aliphatic hydroxyl groups excluding tert-OH is 1. The van der Waals surface area contributed by atoms with Gasteiger partial charge in [0.15, 0.2) is 0 Å². The number of nitrogens with zero attached hydrogens (tertiary/aromatic N) is 2. The van der Waals surface area contributed by atoms with Crippen molar-refractivity contribution in [3.63, 3.8) is 0 Å². The van der Waals surface area contributed by atoms with E-state index in [1.54, 1.807) is 4.68 Å². The first-order chi connectivity index (χ1) is 9.02. The Labute approximate surface area is 122 Å². The lowest BCUT2D eigenvalue weighted by Crippen LogP contribution is -2.02. The average Bonchev–Trinajstić information content (AvgIpc) is 2.69. The van der Waals surface area contributed by atoms with Gasteiger partial charge in [0.25, 0.3) is 0 Å². The molecule has 0 fully saturated rings. The predicted octanol–water partition coefficient (Wildman–Crippen LogP) is 3.85. The smallest absolute Gasteiger partial charge is 0.133 e. The third kappa shape index (κ3) is 3.11. The lowest BCUT2D eigenvalue weighted by atomic mass is 10.1. The summed E-state index contributed by atoms with van der Waals surface area (Å²) in [5.41, 5.74) is 2.63. The monoisotopic (exact) mass is 298 g/mol. The zero-order valence-corrected chi connectivity index (χ0v) is 12.4. The van der Waals surface area contributed by atoms with Gasteiger partial charge < -0.3 is 5.11 Å². The van der Waals surface area contributed by atoms with Gasteiger partial charge in [-0.1, -0.05) is 49.2 Å². The van der Waals surface area contributed by atoms with Gasteiger partial charge in [0.05, 0.1) is 18.8 Å². The van der Waals surface area contributed by atoms with E-state index in [0.717, 1.165) is 11.3 Å². The summed E-state index contributed by atoms with van der Waals surface area (Å²) in [6, 6.07) is 7.55. The molecular formula is C14H16Cl2N2O. The molecule has 0 bridgehead atoms. The summed E-state index contributed by atoms with van der Waals surface area (Å²) in [5, 5.41) is 15.1. The Morgan fingerprint density at radius 1 is 1.21 bits per heavy atom. The normalized spacial score (nSPS) is 11.3. The van der Waals surface area contributed by atoms with Crippen molar-refractivity contribution < 1.29 is 5.11 Å². The molecule has 0 aliphatic rings. The number of aromatic nitrogens is 2. The Morgan fingerprint density at radius 2 is 1.84 bits per heavy atom. The van der Waals surface area contributed by atoms with E-state index in [1.165, 1.54) is 0 Å². The predicted molar refractivity (Wildman–Crippen MR) is 77.8 cm³/mol. The number of aliphatic hydroxyl groups is 1. The van der Waals surface area contributed by atoms with E-state index < -0.39 is 0 Å². The van der Waals surface area contributed by atoms with E-state index in [4.69, 9.17) is 23.2 Å². The highest BCUT2D eigenvalue weighted by molar-refractivity contribution is 6.30. The fourth-order valence-corrected chi connectivity index (χ4v) is 2.35. The van der Waals surface area contributed by atoms with Gasteiger partial charge in [-0.3, -0.25) is 0 Å². The van der Waals surface area contributed by atoms with Crippen LogP contribution in [0.3, 0.4) is 0 Å². The van der Waals surface area contributed by atoms with Gasteiger partial charge in [0.1, 0.15) is 5.15 Å². The molecule has 1 N–H and O–H groups in total. The lowest BCUT2D eigenvalue weighted by molar-refractivity contribution is 0.280. The maximum absolute atomic E-state index is 9.41. The molecule has 0 saturated heterocycles. The number of halogens is 2. The van der Waals surface area contributed by atoms with Crippen molar-refractivity contribution in [3.8, 4) is 0 Å². The van der Waals surface area contributed by atoms with Crippen molar-refractivity contribution in [2.45, 2.75) is 32.9 Å². The summed E-state index contributed by atoms with van der Waals surface area (Å²) in [4.78, 5) is 0. The second-order valence-corrected chi connectivity index (χ2v) is 5.55. The van der Waals surface area contributed by atoms with Gasteiger partial charge in [0.2, 0.25) is 0 Å². The SMILES string of the molecule is CC(C)c1nn(Cc2ccc(Cl)cc2)c(Cl)c1CO. The second-order valence-electron chi connectivity index (χ2n) is 4.75. The molecule has 0 saturated carbocycles. The first-order valence-corrected chi connectivity index (χ1v) is 6.89. The molecule has 0 unspecified atom stereocenters. The molecule has 5 heteroatoms. The van der Waals surface area contributed by atoms with Gasteiger partial charge in [-0.05, 0) is 23.6 Å². The Morgan fingerprint density at radius 3 is 2.32 bits per heavy atom. The van der Waals surface area contributed by atoms with E-state index in [-0.39, 0.29) is 12.5 Å². The molecule has 3 nitrogen and oxygen atoms in total. The standard InChI is InChI=1S/C14H16Cl2N2O/c1-9(2)13-12(8-19)14(16)18(17-13)7-10-3-5-11(15)6-4-10/h3-6,9,19H,7-8H2,1-2H3. The summed E-state index contributed by atoms with van der Waals surface area (Å²) >= 11 is 12.1. The van der Waals surface area contributed by atoms with Crippen LogP contribution in [0.15, 0.2) is 24.3 Å². The fraction of sp³-hybridized carbons (Fsp3) is 0.357. The molecular weight excluding hydrogens is 283 g/mol. The Kier molecular flexibility index (Phi) is 4.50. The number of hydrogen-bond acceptors (Lipinski definition) is 2. The molecule has 19 heavy (non-hydrogen) atoms. The molecule has 1 heterocycles. The Bertz CT molecular complexity index is 562. The van der Waals surface area contributed by atoms with Crippen LogP contribution >= 0.6 is 23.2 Å². The molecule has 2 aromatic rings. The maximum Gasteiger partial charge on any atom is 0.133 e. The molecule has 0 aliphatic heterocycles. The minimum atomic E-state index is -0.0903. The molecule has 0 spiro atoms. The second kappa shape index (κ2) is 5.95. The van der Waals surface area contributed by atoms with Crippen LogP contribution in [0, 0.1) is 0 Å². The third-order valence-corrected chi connectivity index (χ3v) is 3.64. The molecule has 2 rings (SSSR count). The van der Waals surface area contributed by atoms with Crippen molar-refractivity contribution >= 4 is 23.2 Å². The summed E-state index contributed by atoms with van der Waals surface area (Å²) < 4.78 is 1.71. The third-order valence-electron chi connectivity index (χ3n) is 2.96. The van der Waals surface area contributed by atoms with Crippen LogP contribution in [0.2, 0.25) is 10.2 Å². The maximum atomic E-state index is 9.41. The van der Waals surface area contributed by atoms with Crippen LogP contribution in [0.4, 0.5) is 0 Å². The minimum absolute atomic E-state index is 0.0903. The highest BCUT2D eigenvalue weighted by Crippen LogP contribution is 2.26. The van der Waals surface area contributed by atoms with Gasteiger partial charge in [-0.2, -0.15) is 5.10 Å². The Hall–Kier alpha value is -1.03. The lowest BCUT2D eigenvalue weighted by Gasteiger charge is -2.04. The van der Waals surface area contributed by atoms with Gasteiger partial charge in [-0.25, -0.2) is 4.68 Å². The summed E-state index contributed by atoms with van der Waals surface area (Å²) in [7, 11) is 0. The molecule has 0 atom stereocenters. The topological polar surface area (TPSA) is 38.0 Å². The van der Waals surface area contributed by atoms with E-state index in [9.17, 15) is 5.11 Å². The van der Waals surface area contributed by atoms with E-state index in [1.807, 2.05) is 38.1 Å². The molecule has 0 aliphatic carbocycles. The highest BCUT2D eigenvalue weighted by Gasteiger charge is 2.17. The van der Waals surface area contributed by atoms with Crippen LogP contribution in [0.5, 0.6) is 0 Å². The number of hydrogen-bond donors (Lipinski definition) is 1. The number of rotatable bonds is 4. The summed E-state index contributed by atoms with van der Waals surface area (Å²) in [6.07, 6.45) is 0. The van der Waals surface area contributed by atoms with Crippen LogP contribution in [0.1, 0.15) is 36.6 Å². The zero-order chi connectivity index (χ0) is 14.0. The minimum Gasteiger partial charge on any atom is -0.391 e. The summed E-state index contributed by atoms with van der Waals surface area (Å²) in [6.45, 7) is 4.54. The van der Waals surface area contributed by atoms with E-state index in [0.29, 0.717) is 22.3 Å². The average molecular weight is 299 g/mol. The van der Waals surface area contributed by atoms with Gasteiger partial charge in [-0.15, -0.1) is 0 Å². The summed E-state index contributed by atoms with van der Waals surface area (Å²) in [5.74, 6) is 0.228.